The van der Waals surface area contributed by atoms with Crippen molar-refractivity contribution < 1.29 is 14.7 Å². The molecule has 0 aliphatic rings. The minimum absolute atomic E-state index is 0.120. The summed E-state index contributed by atoms with van der Waals surface area (Å²) >= 11 is 7.27. The molecule has 1 aromatic carbocycles. The van der Waals surface area contributed by atoms with Gasteiger partial charge in [0.05, 0.1) is 17.9 Å². The zero-order valence-corrected chi connectivity index (χ0v) is 18.4. The number of rotatable bonds is 8. The van der Waals surface area contributed by atoms with Gasteiger partial charge in [-0.25, -0.2) is 4.98 Å². The van der Waals surface area contributed by atoms with Gasteiger partial charge >= 0.3 is 0 Å². The number of hydrogen-bond acceptors (Lipinski definition) is 6. The summed E-state index contributed by atoms with van der Waals surface area (Å²) in [5.74, 6) is -0.439. The number of Topliss-reactive ketones (excluding diaryl/α,β-unsaturated/α-hetero) is 1. The number of aliphatic hydroxyl groups is 1. The van der Waals surface area contributed by atoms with Crippen LogP contribution in [0.2, 0.25) is 5.02 Å². The molecule has 2 aromatic rings. The molecule has 0 unspecified atom stereocenters. The number of nitrogens with one attached hydrogen (secondary N) is 1. The van der Waals surface area contributed by atoms with Gasteiger partial charge in [0.1, 0.15) is 0 Å². The molecule has 1 heterocycles. The fourth-order valence-corrected chi connectivity index (χ4v) is 3.52. The van der Waals surface area contributed by atoms with E-state index in [0.717, 1.165) is 0 Å². The van der Waals surface area contributed by atoms with Gasteiger partial charge in [0.15, 0.2) is 10.9 Å². The predicted molar refractivity (Wildman–Crippen MR) is 116 cm³/mol. The normalized spacial score (nSPS) is 11.4. The van der Waals surface area contributed by atoms with Gasteiger partial charge in [0.25, 0.3) is 5.56 Å². The molecule has 1 aromatic heterocycles. The number of carbonyl (C=O) groups excluding carboxylic acids is 2. The first-order valence-corrected chi connectivity index (χ1v) is 10.5. The summed E-state index contributed by atoms with van der Waals surface area (Å²) < 4.78 is 1.32. The van der Waals surface area contributed by atoms with Crippen molar-refractivity contribution in [2.75, 3.05) is 18.2 Å². The van der Waals surface area contributed by atoms with E-state index in [1.807, 2.05) is 0 Å². The average molecular weight is 438 g/mol. The molecule has 0 saturated heterocycles. The number of carbonyl (C=O) groups is 2. The third-order valence-corrected chi connectivity index (χ3v) is 5.07. The summed E-state index contributed by atoms with van der Waals surface area (Å²) in [6, 6.07) is 6.25. The van der Waals surface area contributed by atoms with Gasteiger partial charge in [0.2, 0.25) is 5.91 Å². The van der Waals surface area contributed by atoms with Crippen molar-refractivity contribution in [2.45, 2.75) is 38.9 Å². The molecule has 0 aliphatic carbocycles. The standard InChI is InChI=1S/C20H24ClN3O4S/c1-12(26)22-16-7-13(21)5-6-15(16)17-8-18(28)24(19(23-17)29-4)10-14(27)9-20(2,3)11-25/h5-8,25H,9-11H2,1-4H3,(H,22,26). The number of thioether (sulfide) groups is 1. The molecule has 0 atom stereocenters. The maximum absolute atomic E-state index is 12.8. The van der Waals surface area contributed by atoms with E-state index in [0.29, 0.717) is 27.1 Å². The zero-order valence-electron chi connectivity index (χ0n) is 16.8. The molecular formula is C20H24ClN3O4S. The number of ketones is 1. The second-order valence-electron chi connectivity index (χ2n) is 7.46. The Morgan fingerprint density at radius 3 is 2.59 bits per heavy atom. The van der Waals surface area contributed by atoms with E-state index < -0.39 is 5.41 Å². The lowest BCUT2D eigenvalue weighted by Crippen LogP contribution is -2.29. The van der Waals surface area contributed by atoms with E-state index in [2.05, 4.69) is 10.3 Å². The molecule has 2 N–H and O–H groups in total. The molecule has 0 fully saturated rings. The molecule has 9 heteroatoms. The van der Waals surface area contributed by atoms with Gasteiger partial charge in [0, 0.05) is 36.6 Å². The number of amides is 1. The van der Waals surface area contributed by atoms with Crippen molar-refractivity contribution in [3.05, 3.63) is 39.6 Å². The number of aliphatic hydroxyl groups excluding tert-OH is 1. The van der Waals surface area contributed by atoms with Crippen molar-refractivity contribution in [3.63, 3.8) is 0 Å². The fourth-order valence-electron chi connectivity index (χ4n) is 2.78. The Hall–Kier alpha value is -2.16. The summed E-state index contributed by atoms with van der Waals surface area (Å²) in [5.41, 5.74) is 0.446. The van der Waals surface area contributed by atoms with Crippen LogP contribution in [-0.4, -0.2) is 39.2 Å². The topological polar surface area (TPSA) is 101 Å². The quantitative estimate of drug-likeness (QED) is 0.485. The maximum atomic E-state index is 12.8. The third-order valence-electron chi connectivity index (χ3n) is 4.16. The molecule has 7 nitrogen and oxygen atoms in total. The summed E-state index contributed by atoms with van der Waals surface area (Å²) in [6.07, 6.45) is 1.91. The van der Waals surface area contributed by atoms with E-state index in [9.17, 15) is 19.5 Å². The first-order chi connectivity index (χ1) is 13.6. The van der Waals surface area contributed by atoms with Crippen molar-refractivity contribution in [2.24, 2.45) is 5.41 Å². The molecule has 0 saturated carbocycles. The largest absolute Gasteiger partial charge is 0.396 e. The number of halogens is 1. The summed E-state index contributed by atoms with van der Waals surface area (Å²) in [4.78, 5) is 41.2. The van der Waals surface area contributed by atoms with E-state index in [-0.39, 0.29) is 36.8 Å². The lowest BCUT2D eigenvalue weighted by Gasteiger charge is -2.21. The van der Waals surface area contributed by atoms with Crippen LogP contribution in [-0.2, 0) is 16.1 Å². The number of anilines is 1. The van der Waals surface area contributed by atoms with Gasteiger partial charge in [-0.1, -0.05) is 37.2 Å². The Morgan fingerprint density at radius 2 is 2.00 bits per heavy atom. The lowest BCUT2D eigenvalue weighted by atomic mass is 9.88. The van der Waals surface area contributed by atoms with Gasteiger partial charge in [-0.3, -0.25) is 19.0 Å². The SMILES string of the molecule is CSc1nc(-c2ccc(Cl)cc2NC(C)=O)cc(=O)n1CC(=O)CC(C)(C)CO. The Balaban J connectivity index is 2.45. The second-order valence-corrected chi connectivity index (χ2v) is 8.67. The molecule has 0 spiro atoms. The Kier molecular flexibility index (Phi) is 7.62. The molecule has 156 valence electrons. The van der Waals surface area contributed by atoms with Gasteiger partial charge in [-0.15, -0.1) is 0 Å². The van der Waals surface area contributed by atoms with Gasteiger partial charge < -0.3 is 10.4 Å². The molecule has 2 rings (SSSR count). The van der Waals surface area contributed by atoms with Crippen LogP contribution in [0.1, 0.15) is 27.2 Å². The van der Waals surface area contributed by atoms with Gasteiger partial charge in [-0.2, -0.15) is 0 Å². The molecular weight excluding hydrogens is 414 g/mol. The summed E-state index contributed by atoms with van der Waals surface area (Å²) in [5, 5.41) is 12.9. The van der Waals surface area contributed by atoms with Crippen molar-refractivity contribution in [1.82, 2.24) is 9.55 Å². The van der Waals surface area contributed by atoms with Crippen LogP contribution in [0.25, 0.3) is 11.3 Å². The van der Waals surface area contributed by atoms with Crippen LogP contribution in [0.4, 0.5) is 5.69 Å². The lowest BCUT2D eigenvalue weighted by molar-refractivity contribution is -0.122. The summed E-state index contributed by atoms with van der Waals surface area (Å²) in [6.45, 7) is 4.71. The van der Waals surface area contributed by atoms with Crippen LogP contribution < -0.4 is 10.9 Å². The van der Waals surface area contributed by atoms with Crippen molar-refractivity contribution in [1.29, 1.82) is 0 Å². The zero-order chi connectivity index (χ0) is 21.8. The summed E-state index contributed by atoms with van der Waals surface area (Å²) in [7, 11) is 0. The maximum Gasteiger partial charge on any atom is 0.255 e. The minimum atomic E-state index is -0.551. The van der Waals surface area contributed by atoms with Crippen LogP contribution >= 0.6 is 23.4 Å². The second kappa shape index (κ2) is 9.56. The molecule has 1 amide bonds. The highest BCUT2D eigenvalue weighted by molar-refractivity contribution is 7.98. The molecule has 0 aliphatic heterocycles. The fraction of sp³-hybridized carbons (Fsp3) is 0.400. The number of aromatic nitrogens is 2. The highest BCUT2D eigenvalue weighted by atomic mass is 35.5. The van der Waals surface area contributed by atoms with Crippen LogP contribution in [0.3, 0.4) is 0 Å². The number of benzene rings is 1. The molecule has 0 radical (unpaired) electrons. The third kappa shape index (κ3) is 6.16. The highest BCUT2D eigenvalue weighted by Gasteiger charge is 2.22. The Bertz CT molecular complexity index is 988. The van der Waals surface area contributed by atoms with Crippen molar-refractivity contribution >= 4 is 40.7 Å². The van der Waals surface area contributed by atoms with Gasteiger partial charge in [-0.05, 0) is 29.9 Å². The van der Waals surface area contributed by atoms with E-state index in [1.165, 1.54) is 29.3 Å². The van der Waals surface area contributed by atoms with Crippen LogP contribution in [0.5, 0.6) is 0 Å². The molecule has 0 bridgehead atoms. The van der Waals surface area contributed by atoms with E-state index in [4.69, 9.17) is 11.6 Å². The number of nitrogens with zero attached hydrogens (tertiary/aromatic N) is 2. The first kappa shape index (κ1) is 23.1. The van der Waals surface area contributed by atoms with E-state index >= 15 is 0 Å². The Labute approximate surface area is 178 Å². The predicted octanol–water partition coefficient (Wildman–Crippen LogP) is 3.22. The number of hydrogen-bond donors (Lipinski definition) is 2. The van der Waals surface area contributed by atoms with E-state index in [1.54, 1.807) is 38.3 Å². The minimum Gasteiger partial charge on any atom is -0.396 e. The Morgan fingerprint density at radius 1 is 1.31 bits per heavy atom. The first-order valence-electron chi connectivity index (χ1n) is 8.92. The monoisotopic (exact) mass is 437 g/mol. The smallest absolute Gasteiger partial charge is 0.255 e. The van der Waals surface area contributed by atoms with Crippen molar-refractivity contribution in [3.8, 4) is 11.3 Å². The van der Waals surface area contributed by atoms with Crippen LogP contribution in [0.15, 0.2) is 34.2 Å². The highest BCUT2D eigenvalue weighted by Crippen LogP contribution is 2.30. The molecule has 29 heavy (non-hydrogen) atoms. The van der Waals surface area contributed by atoms with Crippen LogP contribution in [0, 0.1) is 5.41 Å². The average Bonchev–Trinajstić information content (AvgIpc) is 2.62.